The number of carboxylic acid groups (broad SMARTS) is 1. The molecule has 0 bridgehead atoms. The molecule has 0 saturated heterocycles. The highest BCUT2D eigenvalue weighted by molar-refractivity contribution is 5.94. The lowest BCUT2D eigenvalue weighted by atomic mass is 10.1. The molecule has 0 saturated carbocycles. The lowest BCUT2D eigenvalue weighted by molar-refractivity contribution is 0.0696. The molecule has 0 atom stereocenters. The van der Waals surface area contributed by atoms with Crippen molar-refractivity contribution >= 4 is 11.8 Å². The van der Waals surface area contributed by atoms with Crippen LogP contribution in [0.3, 0.4) is 0 Å². The first-order valence-corrected chi connectivity index (χ1v) is 6.21. The van der Waals surface area contributed by atoms with Crippen LogP contribution >= 0.6 is 0 Å². The van der Waals surface area contributed by atoms with Crippen molar-refractivity contribution in [2.45, 2.75) is 6.92 Å². The summed E-state index contributed by atoms with van der Waals surface area (Å²) in [7, 11) is 1.47. The number of rotatable bonds is 5. The molecule has 0 radical (unpaired) electrons. The molecule has 2 aromatic rings. The van der Waals surface area contributed by atoms with Crippen molar-refractivity contribution in [1.29, 1.82) is 0 Å². The van der Waals surface area contributed by atoms with Gasteiger partial charge in [-0.15, -0.1) is 0 Å². The van der Waals surface area contributed by atoms with Gasteiger partial charge in [0.1, 0.15) is 5.75 Å². The first-order chi connectivity index (χ1) is 10.0. The second-order valence-electron chi connectivity index (χ2n) is 4.35. The average molecular weight is 286 g/mol. The van der Waals surface area contributed by atoms with Gasteiger partial charge >= 0.3 is 5.97 Å². The van der Waals surface area contributed by atoms with E-state index in [9.17, 15) is 9.59 Å². The fraction of sp³-hybridized carbons (Fsp3) is 0.125. The minimum Gasteiger partial charge on any atom is -0.493 e. The van der Waals surface area contributed by atoms with Crippen LogP contribution in [-0.4, -0.2) is 24.0 Å². The molecule has 0 aromatic heterocycles. The maximum absolute atomic E-state index is 11.2. The summed E-state index contributed by atoms with van der Waals surface area (Å²) in [4.78, 5) is 22.2. The van der Waals surface area contributed by atoms with Crippen molar-refractivity contribution in [3.05, 3.63) is 53.6 Å². The van der Waals surface area contributed by atoms with Gasteiger partial charge in [-0.3, -0.25) is 4.79 Å². The van der Waals surface area contributed by atoms with Gasteiger partial charge in [-0.25, -0.2) is 4.79 Å². The number of Topliss-reactive ketones (excluding diaryl/α,β-unsaturated/α-hetero) is 1. The molecule has 0 fully saturated rings. The molecule has 0 heterocycles. The summed E-state index contributed by atoms with van der Waals surface area (Å²) in [5.41, 5.74) is 0.680. The maximum atomic E-state index is 11.2. The summed E-state index contributed by atoms with van der Waals surface area (Å²) in [5.74, 6) is 0.130. The summed E-state index contributed by atoms with van der Waals surface area (Å²) < 4.78 is 10.8. The third-order valence-electron chi connectivity index (χ3n) is 2.90. The smallest absolute Gasteiger partial charge is 0.335 e. The Balaban J connectivity index is 2.31. The number of benzene rings is 2. The van der Waals surface area contributed by atoms with Gasteiger partial charge in [0.05, 0.1) is 12.7 Å². The Morgan fingerprint density at radius 2 is 1.57 bits per heavy atom. The van der Waals surface area contributed by atoms with E-state index >= 15 is 0 Å². The standard InChI is InChI=1S/C16H14O5/c1-10(17)11-3-6-13(7-4-11)21-15-9-12(16(18)19)5-8-14(15)20-2/h3-9H,1-2H3,(H,18,19). The van der Waals surface area contributed by atoms with Gasteiger partial charge in [-0.1, -0.05) is 0 Å². The Morgan fingerprint density at radius 3 is 2.10 bits per heavy atom. The van der Waals surface area contributed by atoms with Crippen molar-refractivity contribution < 1.29 is 24.2 Å². The van der Waals surface area contributed by atoms with Gasteiger partial charge in [0.2, 0.25) is 0 Å². The van der Waals surface area contributed by atoms with E-state index in [-0.39, 0.29) is 11.3 Å². The second kappa shape index (κ2) is 6.09. The van der Waals surface area contributed by atoms with Crippen LogP contribution in [0, 0.1) is 0 Å². The zero-order chi connectivity index (χ0) is 15.4. The van der Waals surface area contributed by atoms with E-state index < -0.39 is 5.97 Å². The van der Waals surface area contributed by atoms with Gasteiger partial charge in [-0.05, 0) is 49.4 Å². The number of carbonyl (C=O) groups excluding carboxylic acids is 1. The number of carboxylic acids is 1. The van der Waals surface area contributed by atoms with Crippen LogP contribution in [0.5, 0.6) is 17.2 Å². The molecule has 5 heteroatoms. The highest BCUT2D eigenvalue weighted by Gasteiger charge is 2.11. The summed E-state index contributed by atoms with van der Waals surface area (Å²) in [5, 5.41) is 9.00. The number of methoxy groups -OCH3 is 1. The fourth-order valence-electron chi connectivity index (χ4n) is 1.77. The van der Waals surface area contributed by atoms with Crippen molar-refractivity contribution in [1.82, 2.24) is 0 Å². The highest BCUT2D eigenvalue weighted by atomic mass is 16.5. The van der Waals surface area contributed by atoms with Gasteiger partial charge in [-0.2, -0.15) is 0 Å². The average Bonchev–Trinajstić information content (AvgIpc) is 2.47. The number of ketones is 1. The van der Waals surface area contributed by atoms with Crippen LogP contribution in [0.1, 0.15) is 27.6 Å². The van der Waals surface area contributed by atoms with Crippen LogP contribution in [0.25, 0.3) is 0 Å². The highest BCUT2D eigenvalue weighted by Crippen LogP contribution is 2.32. The Hall–Kier alpha value is -2.82. The van der Waals surface area contributed by atoms with E-state index in [1.165, 1.54) is 32.2 Å². The van der Waals surface area contributed by atoms with E-state index in [0.29, 0.717) is 22.8 Å². The minimum absolute atomic E-state index is 0.0352. The normalized spacial score (nSPS) is 10.0. The van der Waals surface area contributed by atoms with Crippen LogP contribution < -0.4 is 9.47 Å². The Labute approximate surface area is 121 Å². The molecule has 1 N–H and O–H groups in total. The molecule has 21 heavy (non-hydrogen) atoms. The monoisotopic (exact) mass is 286 g/mol. The molecule has 0 aliphatic rings. The zero-order valence-electron chi connectivity index (χ0n) is 11.6. The van der Waals surface area contributed by atoms with E-state index in [2.05, 4.69) is 0 Å². The van der Waals surface area contributed by atoms with Crippen LogP contribution in [0.4, 0.5) is 0 Å². The third-order valence-corrected chi connectivity index (χ3v) is 2.90. The molecular weight excluding hydrogens is 272 g/mol. The molecular formula is C16H14O5. The summed E-state index contributed by atoms with van der Waals surface area (Å²) in [6, 6.07) is 10.9. The minimum atomic E-state index is -1.05. The molecule has 2 rings (SSSR count). The summed E-state index contributed by atoms with van der Waals surface area (Å²) >= 11 is 0. The number of ether oxygens (including phenoxy) is 2. The number of hydrogen-bond acceptors (Lipinski definition) is 4. The molecule has 0 spiro atoms. The van der Waals surface area contributed by atoms with Gasteiger partial charge in [0.15, 0.2) is 17.3 Å². The molecule has 108 valence electrons. The summed E-state index contributed by atoms with van der Waals surface area (Å²) in [6.07, 6.45) is 0. The Bertz CT molecular complexity index is 674. The van der Waals surface area contributed by atoms with Crippen LogP contribution in [0.15, 0.2) is 42.5 Å². The van der Waals surface area contributed by atoms with E-state index in [1.54, 1.807) is 24.3 Å². The van der Waals surface area contributed by atoms with E-state index in [1.807, 2.05) is 0 Å². The van der Waals surface area contributed by atoms with Crippen LogP contribution in [-0.2, 0) is 0 Å². The quantitative estimate of drug-likeness (QED) is 0.853. The Kier molecular flexibility index (Phi) is 4.23. The first-order valence-electron chi connectivity index (χ1n) is 6.21. The Morgan fingerprint density at radius 1 is 0.952 bits per heavy atom. The number of aromatic carboxylic acids is 1. The predicted octanol–water partition coefficient (Wildman–Crippen LogP) is 3.39. The van der Waals surface area contributed by atoms with Crippen LogP contribution in [0.2, 0.25) is 0 Å². The summed E-state index contributed by atoms with van der Waals surface area (Å²) in [6.45, 7) is 1.48. The van der Waals surface area contributed by atoms with Gasteiger partial charge in [0.25, 0.3) is 0 Å². The molecule has 0 aliphatic heterocycles. The van der Waals surface area contributed by atoms with Crippen molar-refractivity contribution in [3.63, 3.8) is 0 Å². The number of hydrogen-bond donors (Lipinski definition) is 1. The van der Waals surface area contributed by atoms with Gasteiger partial charge < -0.3 is 14.6 Å². The topological polar surface area (TPSA) is 72.8 Å². The second-order valence-corrected chi connectivity index (χ2v) is 4.35. The molecule has 0 aliphatic carbocycles. The lowest BCUT2D eigenvalue weighted by Gasteiger charge is -2.11. The van der Waals surface area contributed by atoms with Crippen molar-refractivity contribution in [2.24, 2.45) is 0 Å². The van der Waals surface area contributed by atoms with Gasteiger partial charge in [0, 0.05) is 5.56 Å². The van der Waals surface area contributed by atoms with Crippen molar-refractivity contribution in [3.8, 4) is 17.2 Å². The molecule has 0 unspecified atom stereocenters. The largest absolute Gasteiger partial charge is 0.493 e. The predicted molar refractivity (Wildman–Crippen MR) is 76.5 cm³/mol. The van der Waals surface area contributed by atoms with Crippen molar-refractivity contribution in [2.75, 3.05) is 7.11 Å². The SMILES string of the molecule is COc1ccc(C(=O)O)cc1Oc1ccc(C(C)=O)cc1. The number of carbonyl (C=O) groups is 2. The molecule has 0 amide bonds. The molecule has 2 aromatic carbocycles. The fourth-order valence-corrected chi connectivity index (χ4v) is 1.77. The van der Waals surface area contributed by atoms with E-state index in [4.69, 9.17) is 14.6 Å². The zero-order valence-corrected chi connectivity index (χ0v) is 11.6. The maximum Gasteiger partial charge on any atom is 0.335 e. The lowest BCUT2D eigenvalue weighted by Crippen LogP contribution is -1.98. The van der Waals surface area contributed by atoms with E-state index in [0.717, 1.165) is 0 Å². The molecule has 5 nitrogen and oxygen atoms in total. The first kappa shape index (κ1) is 14.6. The third kappa shape index (κ3) is 3.39.